The Morgan fingerprint density at radius 2 is 2.04 bits per heavy atom. The number of benzene rings is 1. The van der Waals surface area contributed by atoms with Crippen molar-refractivity contribution in [2.24, 2.45) is 0 Å². The molecule has 128 valence electrons. The van der Waals surface area contributed by atoms with Crippen molar-refractivity contribution in [3.63, 3.8) is 0 Å². The fraction of sp³-hybridized carbons (Fsp3) is 0.176. The van der Waals surface area contributed by atoms with Crippen molar-refractivity contribution < 1.29 is 19.4 Å². The zero-order valence-corrected chi connectivity index (χ0v) is 13.5. The van der Waals surface area contributed by atoms with Crippen LogP contribution in [-0.2, 0) is 11.3 Å². The van der Waals surface area contributed by atoms with Gasteiger partial charge in [0.25, 0.3) is 5.91 Å². The molecule has 0 aliphatic carbocycles. The summed E-state index contributed by atoms with van der Waals surface area (Å²) in [6, 6.07) is 8.66. The van der Waals surface area contributed by atoms with Crippen molar-refractivity contribution in [2.45, 2.75) is 6.54 Å². The lowest BCUT2D eigenvalue weighted by Gasteiger charge is -2.16. The second-order valence-electron chi connectivity index (χ2n) is 5.43. The second-order valence-corrected chi connectivity index (χ2v) is 5.43. The number of nitrogens with zero attached hydrogens (tertiary/aromatic N) is 4. The van der Waals surface area contributed by atoms with Crippen LogP contribution >= 0.6 is 0 Å². The van der Waals surface area contributed by atoms with Crippen LogP contribution in [0.5, 0.6) is 5.75 Å². The van der Waals surface area contributed by atoms with Crippen LogP contribution in [0.2, 0.25) is 0 Å². The van der Waals surface area contributed by atoms with E-state index in [2.05, 4.69) is 10.1 Å². The van der Waals surface area contributed by atoms with E-state index in [-0.39, 0.29) is 12.5 Å². The van der Waals surface area contributed by atoms with E-state index >= 15 is 0 Å². The lowest BCUT2D eigenvalue weighted by Crippen LogP contribution is -2.26. The van der Waals surface area contributed by atoms with E-state index in [0.29, 0.717) is 23.5 Å². The molecule has 0 aliphatic heterocycles. The minimum absolute atomic E-state index is 0.181. The van der Waals surface area contributed by atoms with Gasteiger partial charge in [-0.3, -0.25) is 4.79 Å². The van der Waals surface area contributed by atoms with Crippen LogP contribution in [0.4, 0.5) is 0 Å². The van der Waals surface area contributed by atoms with E-state index in [1.54, 1.807) is 59.2 Å². The van der Waals surface area contributed by atoms with E-state index in [1.807, 2.05) is 0 Å². The first kappa shape index (κ1) is 16.4. The van der Waals surface area contributed by atoms with Gasteiger partial charge in [0.2, 0.25) is 0 Å². The fourth-order valence-corrected chi connectivity index (χ4v) is 2.37. The van der Waals surface area contributed by atoms with Crippen LogP contribution in [0.1, 0.15) is 15.9 Å². The molecule has 3 aromatic rings. The van der Waals surface area contributed by atoms with E-state index < -0.39 is 5.97 Å². The Kier molecular flexibility index (Phi) is 4.60. The Balaban J connectivity index is 1.68. The van der Waals surface area contributed by atoms with Crippen LogP contribution in [0, 0.1) is 0 Å². The van der Waals surface area contributed by atoms with Gasteiger partial charge in [0.1, 0.15) is 11.3 Å². The van der Waals surface area contributed by atoms with E-state index in [1.165, 1.54) is 6.20 Å². The van der Waals surface area contributed by atoms with Gasteiger partial charge in [-0.25, -0.2) is 14.3 Å². The first-order valence-corrected chi connectivity index (χ1v) is 7.52. The maximum absolute atomic E-state index is 12.6. The fourth-order valence-electron chi connectivity index (χ4n) is 2.37. The average Bonchev–Trinajstić information content (AvgIpc) is 3.04. The number of aliphatic carboxylic acids is 1. The SMILES string of the molecule is CN(Cc1ccc(OCC(=O)O)cc1)C(=O)c1cnn2cccnc12. The lowest BCUT2D eigenvalue weighted by atomic mass is 10.2. The predicted molar refractivity (Wildman–Crippen MR) is 88.4 cm³/mol. The quantitative estimate of drug-likeness (QED) is 0.730. The molecule has 0 saturated carbocycles. The highest BCUT2D eigenvalue weighted by atomic mass is 16.5. The molecule has 2 aromatic heterocycles. The van der Waals surface area contributed by atoms with E-state index in [4.69, 9.17) is 9.84 Å². The summed E-state index contributed by atoms with van der Waals surface area (Å²) in [5.74, 6) is -0.747. The molecule has 0 saturated heterocycles. The minimum Gasteiger partial charge on any atom is -0.482 e. The molecule has 8 heteroatoms. The van der Waals surface area contributed by atoms with Crippen LogP contribution in [0.25, 0.3) is 5.65 Å². The number of carboxylic acid groups (broad SMARTS) is 1. The molecule has 0 radical (unpaired) electrons. The number of carbonyl (C=O) groups excluding carboxylic acids is 1. The Bertz CT molecular complexity index is 904. The van der Waals surface area contributed by atoms with Crippen LogP contribution in [-0.4, -0.2) is 50.1 Å². The van der Waals surface area contributed by atoms with Crippen molar-refractivity contribution in [3.05, 3.63) is 60.0 Å². The van der Waals surface area contributed by atoms with Gasteiger partial charge in [-0.2, -0.15) is 5.10 Å². The van der Waals surface area contributed by atoms with Crippen LogP contribution in [0.15, 0.2) is 48.9 Å². The van der Waals surface area contributed by atoms with Gasteiger partial charge in [0.05, 0.1) is 6.20 Å². The summed E-state index contributed by atoms with van der Waals surface area (Å²) in [5, 5.41) is 12.7. The number of carboxylic acids is 1. The topological polar surface area (TPSA) is 97.0 Å². The summed E-state index contributed by atoms with van der Waals surface area (Å²) in [5.41, 5.74) is 1.84. The summed E-state index contributed by atoms with van der Waals surface area (Å²) < 4.78 is 6.63. The molecule has 1 N–H and O–H groups in total. The Morgan fingerprint density at radius 3 is 2.76 bits per heavy atom. The average molecular weight is 340 g/mol. The number of amides is 1. The van der Waals surface area contributed by atoms with Gasteiger partial charge in [-0.05, 0) is 23.8 Å². The molecule has 0 spiro atoms. The van der Waals surface area contributed by atoms with Gasteiger partial charge >= 0.3 is 5.97 Å². The zero-order valence-electron chi connectivity index (χ0n) is 13.5. The highest BCUT2D eigenvalue weighted by molar-refractivity contribution is 5.99. The van der Waals surface area contributed by atoms with Crippen molar-refractivity contribution >= 4 is 17.5 Å². The number of carbonyl (C=O) groups is 2. The standard InChI is InChI=1S/C17H16N4O4/c1-20(10-12-3-5-13(6-4-12)25-11-15(22)23)17(24)14-9-19-21-8-2-7-18-16(14)21/h2-9H,10-11H2,1H3,(H,22,23). The highest BCUT2D eigenvalue weighted by Crippen LogP contribution is 2.15. The minimum atomic E-state index is -1.03. The van der Waals surface area contributed by atoms with Crippen molar-refractivity contribution in [2.75, 3.05) is 13.7 Å². The molecule has 1 amide bonds. The van der Waals surface area contributed by atoms with Gasteiger partial charge in [-0.15, -0.1) is 0 Å². The largest absolute Gasteiger partial charge is 0.482 e. The molecule has 0 fully saturated rings. The molecule has 0 unspecified atom stereocenters. The van der Waals surface area contributed by atoms with E-state index in [0.717, 1.165) is 5.56 Å². The second kappa shape index (κ2) is 7.00. The Labute approximate surface area is 143 Å². The monoisotopic (exact) mass is 340 g/mol. The van der Waals surface area contributed by atoms with Crippen LogP contribution in [0.3, 0.4) is 0 Å². The number of hydrogen-bond donors (Lipinski definition) is 1. The third-order valence-electron chi connectivity index (χ3n) is 3.56. The van der Waals surface area contributed by atoms with Gasteiger partial charge in [-0.1, -0.05) is 12.1 Å². The third kappa shape index (κ3) is 3.74. The first-order chi connectivity index (χ1) is 12.0. The van der Waals surface area contributed by atoms with Gasteiger partial charge < -0.3 is 14.7 Å². The number of fused-ring (bicyclic) bond motifs is 1. The van der Waals surface area contributed by atoms with Crippen molar-refractivity contribution in [3.8, 4) is 5.75 Å². The summed E-state index contributed by atoms with van der Waals surface area (Å²) in [6.45, 7) is 0.00167. The maximum atomic E-state index is 12.6. The summed E-state index contributed by atoms with van der Waals surface area (Å²) >= 11 is 0. The molecule has 3 rings (SSSR count). The van der Waals surface area contributed by atoms with Gasteiger partial charge in [0, 0.05) is 26.0 Å². The third-order valence-corrected chi connectivity index (χ3v) is 3.56. The van der Waals surface area contributed by atoms with E-state index in [9.17, 15) is 9.59 Å². The smallest absolute Gasteiger partial charge is 0.341 e. The molecule has 2 heterocycles. The molecular formula is C17H16N4O4. The zero-order chi connectivity index (χ0) is 17.8. The highest BCUT2D eigenvalue weighted by Gasteiger charge is 2.17. The number of hydrogen-bond acceptors (Lipinski definition) is 5. The molecule has 25 heavy (non-hydrogen) atoms. The van der Waals surface area contributed by atoms with Crippen LogP contribution < -0.4 is 4.74 Å². The molecular weight excluding hydrogens is 324 g/mol. The molecule has 8 nitrogen and oxygen atoms in total. The number of aromatic nitrogens is 3. The Morgan fingerprint density at radius 1 is 1.28 bits per heavy atom. The predicted octanol–water partition coefficient (Wildman–Crippen LogP) is 1.46. The summed E-state index contributed by atoms with van der Waals surface area (Å²) in [7, 11) is 1.70. The lowest BCUT2D eigenvalue weighted by molar-refractivity contribution is -0.139. The molecule has 0 bridgehead atoms. The van der Waals surface area contributed by atoms with Gasteiger partial charge in [0.15, 0.2) is 12.3 Å². The molecule has 1 aromatic carbocycles. The normalized spacial score (nSPS) is 10.6. The maximum Gasteiger partial charge on any atom is 0.341 e. The Hall–Kier alpha value is -3.42. The van der Waals surface area contributed by atoms with Crippen molar-refractivity contribution in [1.29, 1.82) is 0 Å². The van der Waals surface area contributed by atoms with Crippen molar-refractivity contribution in [1.82, 2.24) is 19.5 Å². The first-order valence-electron chi connectivity index (χ1n) is 7.52. The summed E-state index contributed by atoms with van der Waals surface area (Å²) in [4.78, 5) is 28.9. The summed E-state index contributed by atoms with van der Waals surface area (Å²) in [6.07, 6.45) is 4.85. The molecule has 0 atom stereocenters. The number of ether oxygens (including phenoxy) is 1. The molecule has 0 aliphatic rings. The number of rotatable bonds is 6.